The van der Waals surface area contributed by atoms with Crippen LogP contribution in [0.3, 0.4) is 0 Å². The lowest BCUT2D eigenvalue weighted by Crippen LogP contribution is -2.35. The first kappa shape index (κ1) is 27.8. The minimum atomic E-state index is -0.857. The molecule has 10 nitrogen and oxygen atoms in total. The lowest BCUT2D eigenvalue weighted by molar-refractivity contribution is -0.145. The van der Waals surface area contributed by atoms with Crippen LogP contribution in [0.5, 0.6) is 0 Å². The van der Waals surface area contributed by atoms with Gasteiger partial charge in [-0.2, -0.15) is 0 Å². The van der Waals surface area contributed by atoms with Gasteiger partial charge in [-0.05, 0) is 19.3 Å². The van der Waals surface area contributed by atoms with Gasteiger partial charge in [-0.1, -0.05) is 19.9 Å². The van der Waals surface area contributed by atoms with Crippen LogP contribution in [0.4, 0.5) is 4.79 Å². The standard InChI is InChI=1S/C20H35NO9/c1-4-6-9-21-20(25)30-18(15-29-19(24)5-2)14-27-11-8-7-10-26-12-17(23)13-28-16(3)22/h5,17-18,23H,2,4,6-15H2,1,3H3,(H,21,25). The molecule has 0 aliphatic heterocycles. The van der Waals surface area contributed by atoms with Gasteiger partial charge in [0.1, 0.15) is 19.3 Å². The fraction of sp³-hybridized carbons (Fsp3) is 0.750. The average molecular weight is 433 g/mol. The fourth-order valence-electron chi connectivity index (χ4n) is 2.01. The zero-order chi connectivity index (χ0) is 22.6. The van der Waals surface area contributed by atoms with E-state index in [4.69, 9.17) is 18.9 Å². The summed E-state index contributed by atoms with van der Waals surface area (Å²) >= 11 is 0. The maximum absolute atomic E-state index is 11.8. The molecule has 0 aromatic carbocycles. The van der Waals surface area contributed by atoms with E-state index < -0.39 is 30.2 Å². The number of carbonyl (C=O) groups excluding carboxylic acids is 3. The second kappa shape index (κ2) is 18.8. The molecule has 0 spiro atoms. The van der Waals surface area contributed by atoms with Crippen molar-refractivity contribution < 1.29 is 43.2 Å². The molecule has 30 heavy (non-hydrogen) atoms. The first-order chi connectivity index (χ1) is 14.4. The van der Waals surface area contributed by atoms with Crippen LogP contribution < -0.4 is 5.32 Å². The predicted octanol–water partition coefficient (Wildman–Crippen LogP) is 1.35. The van der Waals surface area contributed by atoms with Crippen LogP contribution in [0, 0.1) is 0 Å². The number of nitrogens with one attached hydrogen (secondary N) is 1. The molecule has 0 aromatic heterocycles. The predicted molar refractivity (Wildman–Crippen MR) is 108 cm³/mol. The van der Waals surface area contributed by atoms with Gasteiger partial charge in [0.15, 0.2) is 6.10 Å². The molecule has 0 aliphatic rings. The van der Waals surface area contributed by atoms with Crippen molar-refractivity contribution in [2.75, 3.05) is 46.2 Å². The molecule has 0 fully saturated rings. The molecule has 0 saturated carbocycles. The van der Waals surface area contributed by atoms with E-state index in [9.17, 15) is 19.5 Å². The van der Waals surface area contributed by atoms with Gasteiger partial charge in [0.2, 0.25) is 0 Å². The molecule has 0 bridgehead atoms. The monoisotopic (exact) mass is 433 g/mol. The molecule has 0 aromatic rings. The van der Waals surface area contributed by atoms with Gasteiger partial charge in [0.25, 0.3) is 0 Å². The third kappa shape index (κ3) is 17.9. The molecule has 1 amide bonds. The van der Waals surface area contributed by atoms with Crippen molar-refractivity contribution in [3.05, 3.63) is 12.7 Å². The Balaban J connectivity index is 3.96. The Hall–Kier alpha value is -2.17. The number of aliphatic hydroxyl groups excluding tert-OH is 1. The summed E-state index contributed by atoms with van der Waals surface area (Å²) in [5, 5.41) is 12.2. The number of esters is 2. The normalized spacial score (nSPS) is 12.5. The number of aliphatic hydroxyl groups is 1. The maximum atomic E-state index is 11.8. The minimum absolute atomic E-state index is 0.0753. The highest BCUT2D eigenvalue weighted by Gasteiger charge is 2.16. The van der Waals surface area contributed by atoms with Crippen molar-refractivity contribution in [1.82, 2.24) is 5.32 Å². The quantitative estimate of drug-likeness (QED) is 0.142. The van der Waals surface area contributed by atoms with Crippen molar-refractivity contribution >= 4 is 18.0 Å². The minimum Gasteiger partial charge on any atom is -0.463 e. The van der Waals surface area contributed by atoms with E-state index in [2.05, 4.69) is 16.6 Å². The molecule has 174 valence electrons. The van der Waals surface area contributed by atoms with E-state index in [1.54, 1.807) is 0 Å². The number of alkyl carbamates (subject to hydrolysis) is 1. The van der Waals surface area contributed by atoms with Crippen molar-refractivity contribution in [2.45, 2.75) is 51.7 Å². The molecular formula is C20H35NO9. The smallest absolute Gasteiger partial charge is 0.407 e. The van der Waals surface area contributed by atoms with E-state index in [1.165, 1.54) is 6.92 Å². The van der Waals surface area contributed by atoms with E-state index >= 15 is 0 Å². The van der Waals surface area contributed by atoms with Crippen molar-refractivity contribution in [3.63, 3.8) is 0 Å². The number of unbranched alkanes of at least 4 members (excludes halogenated alkanes) is 2. The van der Waals surface area contributed by atoms with Crippen molar-refractivity contribution in [1.29, 1.82) is 0 Å². The van der Waals surface area contributed by atoms with Crippen LogP contribution in [0.1, 0.15) is 39.5 Å². The van der Waals surface area contributed by atoms with E-state index in [0.29, 0.717) is 32.6 Å². The zero-order valence-corrected chi connectivity index (χ0v) is 17.9. The second-order valence-electron chi connectivity index (χ2n) is 6.46. The Morgan fingerprint density at radius 2 is 1.67 bits per heavy atom. The number of ether oxygens (including phenoxy) is 5. The van der Waals surface area contributed by atoms with Gasteiger partial charge in [-0.25, -0.2) is 9.59 Å². The number of hydrogen-bond donors (Lipinski definition) is 2. The van der Waals surface area contributed by atoms with Gasteiger partial charge in [0.05, 0.1) is 13.2 Å². The molecule has 2 unspecified atom stereocenters. The summed E-state index contributed by atoms with van der Waals surface area (Å²) in [5.41, 5.74) is 0. The number of hydrogen-bond acceptors (Lipinski definition) is 9. The summed E-state index contributed by atoms with van der Waals surface area (Å²) in [4.78, 5) is 33.6. The van der Waals surface area contributed by atoms with Crippen LogP contribution >= 0.6 is 0 Å². The maximum Gasteiger partial charge on any atom is 0.407 e. The topological polar surface area (TPSA) is 130 Å². The Kier molecular flexibility index (Phi) is 17.5. The number of carbonyl (C=O) groups is 3. The lowest BCUT2D eigenvalue weighted by atomic mass is 10.3. The zero-order valence-electron chi connectivity index (χ0n) is 17.9. The van der Waals surface area contributed by atoms with Gasteiger partial charge in [-0.3, -0.25) is 4.79 Å². The van der Waals surface area contributed by atoms with Crippen LogP contribution in [0.25, 0.3) is 0 Å². The van der Waals surface area contributed by atoms with Crippen LogP contribution in [-0.4, -0.2) is 81.5 Å². The largest absolute Gasteiger partial charge is 0.463 e. The molecule has 0 heterocycles. The summed E-state index contributed by atoms with van der Waals surface area (Å²) in [6.07, 6.45) is 2.00. The Labute approximate surface area is 177 Å². The summed E-state index contributed by atoms with van der Waals surface area (Å²) in [6.45, 7) is 7.83. The Bertz CT molecular complexity index is 499. The van der Waals surface area contributed by atoms with E-state index in [1.807, 2.05) is 6.92 Å². The Morgan fingerprint density at radius 3 is 2.27 bits per heavy atom. The summed E-state index contributed by atoms with van der Waals surface area (Å²) in [7, 11) is 0. The SMILES string of the molecule is C=CC(=O)OCC(COCCCCOCC(O)COC(C)=O)OC(=O)NCCCC. The molecule has 0 aliphatic carbocycles. The van der Waals surface area contributed by atoms with Crippen molar-refractivity contribution in [2.24, 2.45) is 0 Å². The first-order valence-electron chi connectivity index (χ1n) is 10.1. The molecule has 0 radical (unpaired) electrons. The van der Waals surface area contributed by atoms with Gasteiger partial charge >= 0.3 is 18.0 Å². The van der Waals surface area contributed by atoms with Gasteiger partial charge < -0.3 is 34.1 Å². The third-order valence-corrected chi connectivity index (χ3v) is 3.57. The lowest BCUT2D eigenvalue weighted by Gasteiger charge is -2.18. The average Bonchev–Trinajstić information content (AvgIpc) is 2.71. The first-order valence-corrected chi connectivity index (χ1v) is 10.1. The van der Waals surface area contributed by atoms with E-state index in [0.717, 1.165) is 18.9 Å². The second-order valence-corrected chi connectivity index (χ2v) is 6.46. The van der Waals surface area contributed by atoms with Crippen LogP contribution in [-0.2, 0) is 33.3 Å². The van der Waals surface area contributed by atoms with Crippen LogP contribution in [0.15, 0.2) is 12.7 Å². The molecule has 10 heteroatoms. The molecular weight excluding hydrogens is 398 g/mol. The highest BCUT2D eigenvalue weighted by molar-refractivity contribution is 5.81. The van der Waals surface area contributed by atoms with E-state index in [-0.39, 0.29) is 26.4 Å². The molecule has 2 N–H and O–H groups in total. The van der Waals surface area contributed by atoms with Crippen LogP contribution in [0.2, 0.25) is 0 Å². The third-order valence-electron chi connectivity index (χ3n) is 3.57. The highest BCUT2D eigenvalue weighted by Crippen LogP contribution is 2.00. The van der Waals surface area contributed by atoms with Crippen molar-refractivity contribution in [3.8, 4) is 0 Å². The molecule has 0 rings (SSSR count). The van der Waals surface area contributed by atoms with Gasteiger partial charge in [0, 0.05) is 32.8 Å². The summed E-state index contributed by atoms with van der Waals surface area (Å²) in [5.74, 6) is -1.06. The van der Waals surface area contributed by atoms with Gasteiger partial charge in [-0.15, -0.1) is 0 Å². The fourth-order valence-corrected chi connectivity index (χ4v) is 2.01. The Morgan fingerprint density at radius 1 is 1.00 bits per heavy atom. The molecule has 0 saturated heterocycles. The number of amides is 1. The highest BCUT2D eigenvalue weighted by atomic mass is 16.6. The summed E-state index contributed by atoms with van der Waals surface area (Å²) < 4.78 is 25.6. The number of rotatable bonds is 18. The molecule has 2 atom stereocenters. The summed E-state index contributed by atoms with van der Waals surface area (Å²) in [6, 6.07) is 0.